The van der Waals surface area contributed by atoms with Crippen molar-refractivity contribution in [2.75, 3.05) is 13.1 Å². The molecule has 0 saturated heterocycles. The molecule has 3 aliphatic carbocycles. The quantitative estimate of drug-likeness (QED) is 0.300. The van der Waals surface area contributed by atoms with E-state index in [4.69, 9.17) is 25.8 Å². The van der Waals surface area contributed by atoms with Gasteiger partial charge in [-0.1, -0.05) is 0 Å². The first kappa shape index (κ1) is 29.2. The summed E-state index contributed by atoms with van der Waals surface area (Å²) in [6.45, 7) is 5.01. The van der Waals surface area contributed by atoms with Gasteiger partial charge in [-0.15, -0.1) is 12.4 Å². The summed E-state index contributed by atoms with van der Waals surface area (Å²) < 4.78 is 4.94. The van der Waals surface area contributed by atoms with E-state index >= 15 is 0 Å². The molecule has 0 aromatic heterocycles. The van der Waals surface area contributed by atoms with Gasteiger partial charge in [0, 0.05) is 0 Å². The van der Waals surface area contributed by atoms with Crippen molar-refractivity contribution in [2.45, 2.75) is 81.7 Å². The molecule has 0 unspecified atom stereocenters. The van der Waals surface area contributed by atoms with Crippen LogP contribution >= 0.6 is 12.4 Å². The van der Waals surface area contributed by atoms with Crippen LogP contribution in [-0.2, 0) is 19.1 Å². The largest absolute Gasteiger partial charge is 0.479 e. The van der Waals surface area contributed by atoms with E-state index in [1.54, 1.807) is 20.8 Å². The van der Waals surface area contributed by atoms with Crippen LogP contribution in [0.5, 0.6) is 0 Å². The molecular weight excluding hydrogens is 436 g/mol. The standard InChI is InChI=1S/C10H17NO4.C5H9NO2.C4H6O3.ClH/c1-9(2,3)15-8(13)11-6-7(12)10(14)4-5-10;6-3-4(7)5(8)1-2-5;5-3(6)4(7)1-2-4;/h14H,4-6H2,1-3H3,(H,11,13);8H,1-3,6H2;7H,1-2H2,(H,5,6);1H. The van der Waals surface area contributed by atoms with Gasteiger partial charge in [0.25, 0.3) is 0 Å². The van der Waals surface area contributed by atoms with Gasteiger partial charge in [-0.2, -0.15) is 0 Å². The van der Waals surface area contributed by atoms with Gasteiger partial charge in [0.05, 0.1) is 13.1 Å². The molecule has 0 aromatic rings. The lowest BCUT2D eigenvalue weighted by Gasteiger charge is -2.19. The lowest BCUT2D eigenvalue weighted by atomic mass is 10.2. The van der Waals surface area contributed by atoms with E-state index in [-0.39, 0.29) is 37.1 Å². The number of alkyl carbamates (subject to hydrolysis) is 1. The highest BCUT2D eigenvalue weighted by Crippen LogP contribution is 2.36. The number of aliphatic hydroxyl groups is 3. The number of rotatable bonds is 6. The maximum absolute atomic E-state index is 11.3. The van der Waals surface area contributed by atoms with E-state index in [9.17, 15) is 24.3 Å². The first-order valence-electron chi connectivity index (χ1n) is 9.71. The Bertz CT molecular complexity index is 678. The Morgan fingerprint density at radius 1 is 0.871 bits per heavy atom. The second kappa shape index (κ2) is 10.7. The molecular formula is C19H33ClN2O9. The van der Waals surface area contributed by atoms with E-state index in [0.717, 1.165) is 0 Å². The van der Waals surface area contributed by atoms with Crippen molar-refractivity contribution in [3.63, 3.8) is 0 Å². The Hall–Kier alpha value is -1.79. The fourth-order valence-corrected chi connectivity index (χ4v) is 1.95. The predicted octanol–water partition coefficient (Wildman–Crippen LogP) is -0.338. The molecule has 1 amide bonds. The van der Waals surface area contributed by atoms with Gasteiger partial charge in [-0.25, -0.2) is 9.59 Å². The molecule has 3 saturated carbocycles. The first-order chi connectivity index (χ1) is 13.6. The maximum Gasteiger partial charge on any atom is 0.408 e. The zero-order valence-electron chi connectivity index (χ0n) is 18.0. The van der Waals surface area contributed by atoms with Gasteiger partial charge in [0.15, 0.2) is 17.2 Å². The molecule has 0 atom stereocenters. The number of hydrogen-bond acceptors (Lipinski definition) is 9. The second-order valence-electron chi connectivity index (χ2n) is 8.81. The highest BCUT2D eigenvalue weighted by Gasteiger charge is 2.48. The Balaban J connectivity index is 0.000000473. The molecule has 0 bridgehead atoms. The number of halogens is 1. The van der Waals surface area contributed by atoms with Crippen LogP contribution < -0.4 is 11.1 Å². The van der Waals surface area contributed by atoms with Crippen molar-refractivity contribution < 1.29 is 44.3 Å². The molecule has 12 heteroatoms. The van der Waals surface area contributed by atoms with E-state index < -0.39 is 34.5 Å². The number of aliphatic carboxylic acids is 1. The summed E-state index contributed by atoms with van der Waals surface area (Å²) >= 11 is 0. The van der Waals surface area contributed by atoms with Gasteiger partial charge in [-0.3, -0.25) is 9.59 Å². The molecule has 0 spiro atoms. The van der Waals surface area contributed by atoms with E-state index in [1.807, 2.05) is 0 Å². The Labute approximate surface area is 186 Å². The molecule has 0 heterocycles. The number of ether oxygens (including phenoxy) is 1. The fraction of sp³-hybridized carbons (Fsp3) is 0.789. The second-order valence-corrected chi connectivity index (χ2v) is 8.81. The van der Waals surface area contributed by atoms with Crippen LogP contribution in [0.1, 0.15) is 59.3 Å². The lowest BCUT2D eigenvalue weighted by molar-refractivity contribution is -0.149. The average molecular weight is 469 g/mol. The summed E-state index contributed by atoms with van der Waals surface area (Å²) in [6, 6.07) is 0. The van der Waals surface area contributed by atoms with Crippen LogP contribution in [0.15, 0.2) is 0 Å². The number of hydrogen-bond donors (Lipinski definition) is 6. The molecule has 31 heavy (non-hydrogen) atoms. The smallest absolute Gasteiger partial charge is 0.408 e. The molecule has 3 aliphatic rings. The Morgan fingerprint density at radius 3 is 1.48 bits per heavy atom. The molecule has 7 N–H and O–H groups in total. The molecule has 11 nitrogen and oxygen atoms in total. The molecule has 3 rings (SSSR count). The molecule has 3 fully saturated rings. The molecule has 0 aliphatic heterocycles. The fourth-order valence-electron chi connectivity index (χ4n) is 1.95. The number of nitrogens with one attached hydrogen (secondary N) is 1. The summed E-state index contributed by atoms with van der Waals surface area (Å²) in [7, 11) is 0. The minimum absolute atomic E-state index is 0. The Morgan fingerprint density at radius 2 is 1.26 bits per heavy atom. The molecule has 0 radical (unpaired) electrons. The number of carboxylic acids is 1. The van der Waals surface area contributed by atoms with Crippen LogP contribution in [0, 0.1) is 0 Å². The summed E-state index contributed by atoms with van der Waals surface area (Å²) in [5, 5.41) is 37.4. The third kappa shape index (κ3) is 10.4. The lowest BCUT2D eigenvalue weighted by Crippen LogP contribution is -2.39. The normalized spacial score (nSPS) is 20.1. The van der Waals surface area contributed by atoms with Crippen LogP contribution in [0.4, 0.5) is 4.79 Å². The van der Waals surface area contributed by atoms with Gasteiger partial charge in [0.2, 0.25) is 0 Å². The van der Waals surface area contributed by atoms with Crippen LogP contribution in [0.25, 0.3) is 0 Å². The summed E-state index contributed by atoms with van der Waals surface area (Å²) in [5.74, 6) is -1.67. The third-order valence-electron chi connectivity index (χ3n) is 4.58. The third-order valence-corrected chi connectivity index (χ3v) is 4.58. The minimum atomic E-state index is -1.33. The average Bonchev–Trinajstić information content (AvgIpc) is 3.53. The van der Waals surface area contributed by atoms with Crippen molar-refractivity contribution in [1.82, 2.24) is 5.32 Å². The van der Waals surface area contributed by atoms with Crippen molar-refractivity contribution in [3.05, 3.63) is 0 Å². The highest BCUT2D eigenvalue weighted by atomic mass is 35.5. The van der Waals surface area contributed by atoms with E-state index in [0.29, 0.717) is 38.5 Å². The zero-order chi connectivity index (χ0) is 23.4. The topological polar surface area (TPSA) is 196 Å². The van der Waals surface area contributed by atoms with Gasteiger partial charge in [-0.05, 0) is 59.3 Å². The summed E-state index contributed by atoms with van der Waals surface area (Å²) in [4.78, 5) is 42.8. The summed E-state index contributed by atoms with van der Waals surface area (Å²) in [6.07, 6.45) is 2.38. The van der Waals surface area contributed by atoms with Crippen molar-refractivity contribution in [3.8, 4) is 0 Å². The number of Topliss-reactive ketones (excluding diaryl/α,β-unsaturated/α-hetero) is 2. The van der Waals surface area contributed by atoms with Crippen LogP contribution in [0.3, 0.4) is 0 Å². The van der Waals surface area contributed by atoms with Crippen molar-refractivity contribution >= 4 is 36.0 Å². The van der Waals surface area contributed by atoms with Crippen molar-refractivity contribution in [2.24, 2.45) is 5.73 Å². The number of ketones is 2. The predicted molar refractivity (Wildman–Crippen MR) is 111 cm³/mol. The molecule has 180 valence electrons. The summed E-state index contributed by atoms with van der Waals surface area (Å²) in [5.41, 5.74) is 0.885. The van der Waals surface area contributed by atoms with Crippen molar-refractivity contribution in [1.29, 1.82) is 0 Å². The number of amides is 1. The number of carbonyl (C=O) groups is 4. The van der Waals surface area contributed by atoms with Gasteiger partial charge < -0.3 is 36.2 Å². The SMILES string of the molecule is CC(C)(C)OC(=O)NCC(=O)C1(O)CC1.Cl.NCC(=O)C1(O)CC1.O=C(O)C1(O)CC1. The van der Waals surface area contributed by atoms with E-state index in [1.165, 1.54) is 0 Å². The zero-order valence-corrected chi connectivity index (χ0v) is 18.8. The van der Waals surface area contributed by atoms with Gasteiger partial charge >= 0.3 is 12.1 Å². The van der Waals surface area contributed by atoms with Crippen LogP contribution in [-0.4, -0.2) is 79.5 Å². The monoisotopic (exact) mass is 468 g/mol. The van der Waals surface area contributed by atoms with Crippen LogP contribution in [0.2, 0.25) is 0 Å². The number of carbonyl (C=O) groups excluding carboxylic acids is 3. The number of carboxylic acid groups (broad SMARTS) is 1. The Kier molecular flexibility index (Phi) is 10.1. The molecule has 0 aromatic carbocycles. The minimum Gasteiger partial charge on any atom is -0.479 e. The van der Waals surface area contributed by atoms with Gasteiger partial charge in [0.1, 0.15) is 16.8 Å². The van der Waals surface area contributed by atoms with E-state index in [2.05, 4.69) is 5.32 Å². The maximum atomic E-state index is 11.3. The number of nitrogens with two attached hydrogens (primary N) is 1. The first-order valence-corrected chi connectivity index (χ1v) is 9.71. The highest BCUT2D eigenvalue weighted by molar-refractivity contribution is 5.93.